The van der Waals surface area contributed by atoms with Gasteiger partial charge in [-0.05, 0) is 17.7 Å². The van der Waals surface area contributed by atoms with Crippen molar-refractivity contribution in [2.45, 2.75) is 6.54 Å². The molecule has 0 aliphatic rings. The van der Waals surface area contributed by atoms with E-state index >= 15 is 0 Å². The van der Waals surface area contributed by atoms with Gasteiger partial charge >= 0.3 is 0 Å². The van der Waals surface area contributed by atoms with Crippen LogP contribution in [0.1, 0.15) is 21.6 Å². The lowest BCUT2D eigenvalue weighted by molar-refractivity contribution is 0.0778. The van der Waals surface area contributed by atoms with Crippen molar-refractivity contribution in [1.29, 1.82) is 0 Å². The van der Waals surface area contributed by atoms with Gasteiger partial charge in [-0.25, -0.2) is 0 Å². The predicted molar refractivity (Wildman–Crippen MR) is 81.3 cm³/mol. The van der Waals surface area contributed by atoms with Crippen molar-refractivity contribution in [3.05, 3.63) is 53.3 Å². The Morgan fingerprint density at radius 1 is 1.45 bits per heavy atom. The number of carbonyl (C=O) groups is 1. The third kappa shape index (κ3) is 3.21. The molecule has 0 spiro atoms. The Labute approximate surface area is 123 Å². The average Bonchev–Trinajstić information content (AvgIpc) is 2.84. The lowest BCUT2D eigenvalue weighted by Crippen LogP contribution is -2.26. The van der Waals surface area contributed by atoms with Crippen molar-refractivity contribution in [3.8, 4) is 0 Å². The van der Waals surface area contributed by atoms with Gasteiger partial charge in [-0.1, -0.05) is 30.4 Å². The monoisotopic (exact) mass is 288 g/mol. The summed E-state index contributed by atoms with van der Waals surface area (Å²) in [5, 5.41) is 4.10. The molecular formula is C14H16N4OS. The van der Waals surface area contributed by atoms with Crippen molar-refractivity contribution in [3.63, 3.8) is 0 Å². The van der Waals surface area contributed by atoms with Crippen molar-refractivity contribution in [1.82, 2.24) is 14.7 Å². The summed E-state index contributed by atoms with van der Waals surface area (Å²) < 4.78 is 1.61. The number of rotatable bonds is 4. The van der Waals surface area contributed by atoms with Crippen LogP contribution >= 0.6 is 12.2 Å². The number of nitrogens with two attached hydrogens (primary N) is 1. The third-order valence-corrected chi connectivity index (χ3v) is 3.15. The molecule has 1 aromatic heterocycles. The first-order valence-corrected chi connectivity index (χ1v) is 6.52. The van der Waals surface area contributed by atoms with Gasteiger partial charge in [0.05, 0.1) is 0 Å². The van der Waals surface area contributed by atoms with Crippen molar-refractivity contribution >= 4 is 23.1 Å². The maximum absolute atomic E-state index is 12.2. The number of nitrogens with zero attached hydrogens (tertiary/aromatic N) is 3. The van der Waals surface area contributed by atoms with Crippen molar-refractivity contribution in [2.24, 2.45) is 12.8 Å². The zero-order valence-corrected chi connectivity index (χ0v) is 12.2. The maximum Gasteiger partial charge on any atom is 0.274 e. The Hall–Kier alpha value is -2.21. The second-order valence-electron chi connectivity index (χ2n) is 4.60. The zero-order chi connectivity index (χ0) is 14.7. The molecule has 0 unspecified atom stereocenters. The normalized spacial score (nSPS) is 10.3. The molecule has 1 amide bonds. The molecule has 20 heavy (non-hydrogen) atoms. The van der Waals surface area contributed by atoms with Crippen LogP contribution in [0.4, 0.5) is 0 Å². The Bertz CT molecular complexity index is 650. The van der Waals surface area contributed by atoms with Gasteiger partial charge in [-0.3, -0.25) is 9.48 Å². The van der Waals surface area contributed by atoms with Crippen molar-refractivity contribution < 1.29 is 4.79 Å². The van der Waals surface area contributed by atoms with Crippen molar-refractivity contribution in [2.75, 3.05) is 7.05 Å². The van der Waals surface area contributed by atoms with E-state index in [9.17, 15) is 4.79 Å². The molecule has 0 fully saturated rings. The van der Waals surface area contributed by atoms with Crippen LogP contribution in [0.3, 0.4) is 0 Å². The first kappa shape index (κ1) is 14.2. The fraction of sp³-hybridized carbons (Fsp3) is 0.214. The lowest BCUT2D eigenvalue weighted by Gasteiger charge is -2.16. The highest BCUT2D eigenvalue weighted by atomic mass is 32.1. The van der Waals surface area contributed by atoms with E-state index in [1.54, 1.807) is 35.9 Å². The summed E-state index contributed by atoms with van der Waals surface area (Å²) in [5.74, 6) is -0.119. The minimum absolute atomic E-state index is 0.119. The average molecular weight is 288 g/mol. The Kier molecular flexibility index (Phi) is 4.14. The Balaban J connectivity index is 2.11. The largest absolute Gasteiger partial charge is 0.389 e. The highest BCUT2D eigenvalue weighted by molar-refractivity contribution is 7.80. The molecule has 0 aliphatic carbocycles. The van der Waals surface area contributed by atoms with Crippen LogP contribution in [0.5, 0.6) is 0 Å². The minimum Gasteiger partial charge on any atom is -0.389 e. The van der Waals surface area contributed by atoms with E-state index < -0.39 is 0 Å². The summed E-state index contributed by atoms with van der Waals surface area (Å²) in [6.45, 7) is 0.478. The van der Waals surface area contributed by atoms with E-state index in [2.05, 4.69) is 5.10 Å². The van der Waals surface area contributed by atoms with Crippen LogP contribution in [-0.4, -0.2) is 32.6 Å². The van der Waals surface area contributed by atoms with E-state index in [1.807, 2.05) is 24.3 Å². The maximum atomic E-state index is 12.2. The molecule has 1 heterocycles. The number of thiocarbonyl (C=S) groups is 1. The molecule has 0 bridgehead atoms. The van der Waals surface area contributed by atoms with Gasteiger partial charge in [0.2, 0.25) is 0 Å². The molecule has 0 aliphatic heterocycles. The number of aromatic nitrogens is 2. The van der Waals surface area contributed by atoms with Gasteiger partial charge in [0, 0.05) is 32.4 Å². The van der Waals surface area contributed by atoms with E-state index in [4.69, 9.17) is 18.0 Å². The summed E-state index contributed by atoms with van der Waals surface area (Å²) in [4.78, 5) is 14.1. The van der Waals surface area contributed by atoms with E-state index in [1.165, 1.54) is 0 Å². The number of hydrogen-bond donors (Lipinski definition) is 1. The number of amides is 1. The van der Waals surface area contributed by atoms with Crippen LogP contribution in [-0.2, 0) is 13.6 Å². The fourth-order valence-corrected chi connectivity index (χ4v) is 2.02. The minimum atomic E-state index is -0.119. The molecule has 2 aromatic rings. The van der Waals surface area contributed by atoms with Crippen LogP contribution in [0.25, 0.3) is 0 Å². The van der Waals surface area contributed by atoms with Gasteiger partial charge in [0.1, 0.15) is 10.7 Å². The second-order valence-corrected chi connectivity index (χ2v) is 5.04. The second kappa shape index (κ2) is 5.83. The van der Waals surface area contributed by atoms with Crippen LogP contribution in [0.2, 0.25) is 0 Å². The van der Waals surface area contributed by atoms with E-state index in [0.29, 0.717) is 17.2 Å². The van der Waals surface area contributed by atoms with Crippen LogP contribution in [0, 0.1) is 0 Å². The first-order valence-electron chi connectivity index (χ1n) is 6.11. The molecule has 6 heteroatoms. The smallest absolute Gasteiger partial charge is 0.274 e. The SMILES string of the molecule is CN(Cc1cccc(C(N)=S)c1)C(=O)c1ccn(C)n1. The van der Waals surface area contributed by atoms with Gasteiger partial charge in [0.15, 0.2) is 0 Å². The molecule has 0 saturated heterocycles. The quantitative estimate of drug-likeness (QED) is 0.862. The molecule has 5 nitrogen and oxygen atoms in total. The highest BCUT2D eigenvalue weighted by Crippen LogP contribution is 2.09. The zero-order valence-electron chi connectivity index (χ0n) is 11.4. The Morgan fingerprint density at radius 2 is 2.20 bits per heavy atom. The van der Waals surface area contributed by atoms with E-state index in [-0.39, 0.29) is 5.91 Å². The number of benzene rings is 1. The Morgan fingerprint density at radius 3 is 2.80 bits per heavy atom. The van der Waals surface area contributed by atoms with Crippen LogP contribution in [0.15, 0.2) is 36.5 Å². The summed E-state index contributed by atoms with van der Waals surface area (Å²) in [6.07, 6.45) is 1.74. The van der Waals surface area contributed by atoms with E-state index in [0.717, 1.165) is 11.1 Å². The number of aryl methyl sites for hydroxylation is 1. The summed E-state index contributed by atoms with van der Waals surface area (Å²) >= 11 is 4.95. The third-order valence-electron chi connectivity index (χ3n) is 2.91. The number of carbonyl (C=O) groups excluding carboxylic acids is 1. The molecule has 2 rings (SSSR count). The highest BCUT2D eigenvalue weighted by Gasteiger charge is 2.14. The molecule has 0 atom stereocenters. The topological polar surface area (TPSA) is 64.2 Å². The van der Waals surface area contributed by atoms with Gasteiger partial charge < -0.3 is 10.6 Å². The standard InChI is InChI=1S/C14H16N4OS/c1-17(14(19)12-6-7-18(2)16-12)9-10-4-3-5-11(8-10)13(15)20/h3-8H,9H2,1-2H3,(H2,15,20). The summed E-state index contributed by atoms with van der Waals surface area (Å²) in [7, 11) is 3.52. The van der Waals surface area contributed by atoms with Crippen LogP contribution < -0.4 is 5.73 Å². The summed E-state index contributed by atoms with van der Waals surface area (Å²) in [5.41, 5.74) is 7.81. The number of hydrogen-bond acceptors (Lipinski definition) is 3. The molecule has 2 N–H and O–H groups in total. The van der Waals surface area contributed by atoms with Gasteiger partial charge in [0.25, 0.3) is 5.91 Å². The molecular weight excluding hydrogens is 272 g/mol. The van der Waals surface area contributed by atoms with Gasteiger partial charge in [-0.15, -0.1) is 0 Å². The molecule has 0 radical (unpaired) electrons. The van der Waals surface area contributed by atoms with Gasteiger partial charge in [-0.2, -0.15) is 5.10 Å². The predicted octanol–water partition coefficient (Wildman–Crippen LogP) is 1.33. The fourth-order valence-electron chi connectivity index (χ4n) is 1.89. The molecule has 104 valence electrons. The summed E-state index contributed by atoms with van der Waals surface area (Å²) in [6, 6.07) is 9.26. The first-order chi connectivity index (χ1) is 9.47. The molecule has 0 saturated carbocycles. The molecule has 1 aromatic carbocycles. The lowest BCUT2D eigenvalue weighted by atomic mass is 10.1.